The topological polar surface area (TPSA) is 104 Å². The van der Waals surface area contributed by atoms with Crippen molar-refractivity contribution in [2.75, 3.05) is 7.11 Å². The zero-order valence-corrected chi connectivity index (χ0v) is 22.7. The monoisotopic (exact) mass is 572 g/mol. The molecule has 2 N–H and O–H groups in total. The number of fused-ring (bicyclic) bond motifs is 1. The zero-order chi connectivity index (χ0) is 28.2. The smallest absolute Gasteiger partial charge is 0.343 e. The Morgan fingerprint density at radius 1 is 0.975 bits per heavy atom. The highest BCUT2D eigenvalue weighted by Gasteiger charge is 2.31. The van der Waals surface area contributed by atoms with Crippen molar-refractivity contribution in [2.45, 2.75) is 12.5 Å². The molecule has 0 saturated carbocycles. The van der Waals surface area contributed by atoms with Crippen molar-refractivity contribution in [3.63, 3.8) is 0 Å². The van der Waals surface area contributed by atoms with E-state index in [9.17, 15) is 10.1 Å². The van der Waals surface area contributed by atoms with Crippen LogP contribution < -0.4 is 24.7 Å². The van der Waals surface area contributed by atoms with E-state index in [4.69, 9.17) is 47.9 Å². The van der Waals surface area contributed by atoms with Crippen LogP contribution in [-0.4, -0.2) is 13.1 Å². The number of rotatable bonds is 7. The number of carbonyl (C=O) groups excluding carboxylic acids is 1. The highest BCUT2D eigenvalue weighted by Crippen LogP contribution is 2.44. The van der Waals surface area contributed by atoms with Crippen molar-refractivity contribution in [3.8, 4) is 29.1 Å². The first-order valence-corrected chi connectivity index (χ1v) is 12.9. The Bertz CT molecular complexity index is 1660. The second-order valence-electron chi connectivity index (χ2n) is 8.84. The van der Waals surface area contributed by atoms with E-state index in [0.717, 1.165) is 11.1 Å². The number of methoxy groups -OCH3 is 1. The largest absolute Gasteiger partial charge is 0.497 e. The fourth-order valence-electron chi connectivity index (χ4n) is 4.32. The predicted molar refractivity (Wildman–Crippen MR) is 151 cm³/mol. The molecule has 40 heavy (non-hydrogen) atoms. The van der Waals surface area contributed by atoms with E-state index >= 15 is 0 Å². The summed E-state index contributed by atoms with van der Waals surface area (Å²) in [4.78, 5) is 12.7. The minimum atomic E-state index is -0.540. The van der Waals surface area contributed by atoms with Gasteiger partial charge in [0.2, 0.25) is 5.88 Å². The highest BCUT2D eigenvalue weighted by molar-refractivity contribution is 6.35. The van der Waals surface area contributed by atoms with Crippen LogP contribution in [0.2, 0.25) is 10.0 Å². The zero-order valence-electron chi connectivity index (χ0n) is 21.2. The van der Waals surface area contributed by atoms with Crippen molar-refractivity contribution in [1.82, 2.24) is 0 Å². The van der Waals surface area contributed by atoms with Crippen LogP contribution in [0, 0.1) is 11.3 Å². The number of nitriles is 1. The van der Waals surface area contributed by atoms with E-state index in [0.29, 0.717) is 38.4 Å². The van der Waals surface area contributed by atoms with Gasteiger partial charge in [0.05, 0.1) is 18.6 Å². The molecule has 0 bridgehead atoms. The number of halogens is 2. The maximum Gasteiger partial charge on any atom is 0.343 e. The van der Waals surface area contributed by atoms with Crippen LogP contribution in [0.15, 0.2) is 96.4 Å². The molecule has 0 aliphatic carbocycles. The molecule has 1 aliphatic rings. The highest BCUT2D eigenvalue weighted by atomic mass is 35.5. The van der Waals surface area contributed by atoms with E-state index in [2.05, 4.69) is 6.07 Å². The Morgan fingerprint density at radius 2 is 1.75 bits per heavy atom. The lowest BCUT2D eigenvalue weighted by Crippen LogP contribution is -2.21. The second-order valence-corrected chi connectivity index (χ2v) is 9.68. The van der Waals surface area contributed by atoms with Gasteiger partial charge >= 0.3 is 5.97 Å². The number of allylic oxidation sites excluding steroid dienone is 1. The van der Waals surface area contributed by atoms with Crippen LogP contribution >= 0.6 is 23.2 Å². The summed E-state index contributed by atoms with van der Waals surface area (Å²) >= 11 is 12.3. The number of hydrogen-bond donors (Lipinski definition) is 1. The molecule has 1 aliphatic heterocycles. The minimum absolute atomic E-state index is 0.0297. The molecule has 0 radical (unpaired) electrons. The van der Waals surface area contributed by atoms with Gasteiger partial charge < -0.3 is 24.7 Å². The van der Waals surface area contributed by atoms with Crippen molar-refractivity contribution < 1.29 is 23.7 Å². The third-order valence-electron chi connectivity index (χ3n) is 6.33. The molecule has 7 nitrogen and oxygen atoms in total. The van der Waals surface area contributed by atoms with Gasteiger partial charge in [0, 0.05) is 27.2 Å². The molecule has 0 spiro atoms. The number of benzene rings is 4. The molecule has 0 aromatic heterocycles. The van der Waals surface area contributed by atoms with Gasteiger partial charge in [-0.1, -0.05) is 47.5 Å². The molecule has 1 unspecified atom stereocenters. The summed E-state index contributed by atoms with van der Waals surface area (Å²) in [7, 11) is 1.55. The molecule has 4 aromatic carbocycles. The Labute approximate surface area is 240 Å². The van der Waals surface area contributed by atoms with Gasteiger partial charge in [0.25, 0.3) is 0 Å². The Hall–Kier alpha value is -4.64. The van der Waals surface area contributed by atoms with Crippen LogP contribution in [0.1, 0.15) is 33.0 Å². The van der Waals surface area contributed by atoms with Gasteiger partial charge in [-0.2, -0.15) is 5.26 Å². The molecule has 0 fully saturated rings. The van der Waals surface area contributed by atoms with Crippen LogP contribution in [0.4, 0.5) is 0 Å². The maximum atomic E-state index is 12.7. The number of nitrogens with zero attached hydrogens (tertiary/aromatic N) is 1. The van der Waals surface area contributed by atoms with Gasteiger partial charge in [0.1, 0.15) is 41.2 Å². The van der Waals surface area contributed by atoms with Gasteiger partial charge in [-0.05, 0) is 60.2 Å². The van der Waals surface area contributed by atoms with Crippen molar-refractivity contribution in [3.05, 3.63) is 129 Å². The predicted octanol–water partition coefficient (Wildman–Crippen LogP) is 7.02. The maximum absolute atomic E-state index is 12.7. The van der Waals surface area contributed by atoms with E-state index in [1.165, 1.54) is 0 Å². The van der Waals surface area contributed by atoms with Gasteiger partial charge in [-0.15, -0.1) is 0 Å². The molecule has 0 amide bonds. The molecule has 9 heteroatoms. The van der Waals surface area contributed by atoms with Gasteiger partial charge in [-0.3, -0.25) is 0 Å². The van der Waals surface area contributed by atoms with E-state index < -0.39 is 11.9 Å². The van der Waals surface area contributed by atoms with Crippen LogP contribution in [-0.2, 0) is 6.61 Å². The Kier molecular flexibility index (Phi) is 7.83. The normalized spacial score (nSPS) is 14.0. The third kappa shape index (κ3) is 5.69. The fourth-order valence-corrected chi connectivity index (χ4v) is 4.78. The standard InChI is InChI=1S/C31H22Cl2N2O5/c1-37-22-9-6-18(7-10-22)31(36)39-24-11-12-25-28(15-24)40-30(35)26(16-34)29(25)19-3-2-4-23(13-19)38-17-20-5-8-21(32)14-27(20)33/h2-15,29H,17,35H2,1H3. The molecule has 0 saturated heterocycles. The summed E-state index contributed by atoms with van der Waals surface area (Å²) in [5.41, 5.74) is 9.02. The average molecular weight is 573 g/mol. The first-order chi connectivity index (χ1) is 19.4. The number of esters is 1. The molecule has 5 rings (SSSR count). The summed E-state index contributed by atoms with van der Waals surface area (Å²) < 4.78 is 22.5. The third-order valence-corrected chi connectivity index (χ3v) is 6.91. The van der Waals surface area contributed by atoms with Crippen LogP contribution in [0.3, 0.4) is 0 Å². The number of hydrogen-bond acceptors (Lipinski definition) is 7. The lowest BCUT2D eigenvalue weighted by Gasteiger charge is -2.27. The summed E-state index contributed by atoms with van der Waals surface area (Å²) in [6, 6.07) is 26.3. The lowest BCUT2D eigenvalue weighted by atomic mass is 9.83. The van der Waals surface area contributed by atoms with Crippen molar-refractivity contribution in [1.29, 1.82) is 5.26 Å². The molecule has 4 aromatic rings. The molecule has 200 valence electrons. The second kappa shape index (κ2) is 11.6. The minimum Gasteiger partial charge on any atom is -0.497 e. The number of ether oxygens (including phenoxy) is 4. The number of carbonyl (C=O) groups is 1. The fraction of sp³-hybridized carbons (Fsp3) is 0.0968. The van der Waals surface area contributed by atoms with Crippen LogP contribution in [0.5, 0.6) is 23.0 Å². The van der Waals surface area contributed by atoms with Gasteiger partial charge in [0.15, 0.2) is 0 Å². The summed E-state index contributed by atoms with van der Waals surface area (Å²) in [6.07, 6.45) is 0. The summed E-state index contributed by atoms with van der Waals surface area (Å²) in [6.45, 7) is 0.232. The van der Waals surface area contributed by atoms with Gasteiger partial charge in [-0.25, -0.2) is 4.79 Å². The van der Waals surface area contributed by atoms with E-state index in [1.807, 2.05) is 24.3 Å². The number of nitrogens with two attached hydrogens (primary N) is 1. The lowest BCUT2D eigenvalue weighted by molar-refractivity contribution is 0.0734. The Balaban J connectivity index is 1.40. The first kappa shape index (κ1) is 26.9. The summed E-state index contributed by atoms with van der Waals surface area (Å²) in [5.74, 6) is 0.757. The summed E-state index contributed by atoms with van der Waals surface area (Å²) in [5, 5.41) is 11.0. The van der Waals surface area contributed by atoms with Crippen molar-refractivity contribution >= 4 is 29.2 Å². The van der Waals surface area contributed by atoms with Crippen molar-refractivity contribution in [2.24, 2.45) is 5.73 Å². The Morgan fingerprint density at radius 3 is 2.48 bits per heavy atom. The SMILES string of the molecule is COc1ccc(C(=O)Oc2ccc3c(c2)OC(N)=C(C#N)C3c2cccc(OCc3ccc(Cl)cc3Cl)c2)cc1. The quantitative estimate of drug-likeness (QED) is 0.187. The molecular formula is C31H22Cl2N2O5. The van der Waals surface area contributed by atoms with Crippen LogP contribution in [0.25, 0.3) is 0 Å². The first-order valence-electron chi connectivity index (χ1n) is 12.1. The van der Waals surface area contributed by atoms with E-state index in [-0.39, 0.29) is 23.8 Å². The average Bonchev–Trinajstić information content (AvgIpc) is 2.96. The molecule has 1 atom stereocenters. The molecular weight excluding hydrogens is 551 g/mol. The molecule has 1 heterocycles. The van der Waals surface area contributed by atoms with E-state index in [1.54, 1.807) is 67.8 Å².